The number of aliphatic hydroxyl groups excluding tert-OH is 4. The molecule has 0 saturated carbocycles. The third-order valence-electron chi connectivity index (χ3n) is 6.20. The molecule has 1 saturated heterocycles. The molecule has 7 nitrogen and oxygen atoms in total. The highest BCUT2D eigenvalue weighted by Gasteiger charge is 2.45. The molecule has 1 heterocycles. The number of rotatable bonds is 7. The number of hydrogen-bond donors (Lipinski definition) is 4. The monoisotopic (exact) mass is 462 g/mol. The molecule has 5 atom stereocenters. The second-order valence-electron chi connectivity index (χ2n) is 9.56. The minimum Gasteiger partial charge on any atom is -0.430 e. The van der Waals surface area contributed by atoms with Crippen LogP contribution < -0.4 is 0 Å². The van der Waals surface area contributed by atoms with Gasteiger partial charge in [0.25, 0.3) is 0 Å². The maximum atomic E-state index is 12.2. The molecule has 0 radical (unpaired) electrons. The molecular weight excluding hydrogens is 424 g/mol. The van der Waals surface area contributed by atoms with Gasteiger partial charge in [-0.3, -0.25) is 0 Å². The van der Waals surface area contributed by atoms with Gasteiger partial charge in [0.05, 0.1) is 6.61 Å². The molecule has 0 aromatic carbocycles. The van der Waals surface area contributed by atoms with Gasteiger partial charge >= 0.3 is 5.97 Å². The molecule has 0 bridgehead atoms. The third-order valence-corrected chi connectivity index (χ3v) is 6.20. The van der Waals surface area contributed by atoms with Gasteiger partial charge in [-0.2, -0.15) is 0 Å². The molecule has 33 heavy (non-hydrogen) atoms. The predicted octanol–water partition coefficient (Wildman–Crippen LogP) is 2.86. The Balaban J connectivity index is 1.96. The fourth-order valence-corrected chi connectivity index (χ4v) is 4.18. The van der Waals surface area contributed by atoms with Crippen LogP contribution in [0.4, 0.5) is 0 Å². The number of carbonyl (C=O) groups is 1. The van der Waals surface area contributed by atoms with Crippen LogP contribution in [0.15, 0.2) is 58.7 Å². The van der Waals surface area contributed by atoms with Crippen LogP contribution in [0.1, 0.15) is 53.9 Å². The summed E-state index contributed by atoms with van der Waals surface area (Å²) in [7, 11) is 0. The molecule has 0 aromatic heterocycles. The second-order valence-corrected chi connectivity index (χ2v) is 9.56. The summed E-state index contributed by atoms with van der Waals surface area (Å²) in [6.45, 7) is 9.92. The molecule has 2 aliphatic rings. The number of allylic oxidation sites excluding steroid dienone is 9. The first kappa shape index (κ1) is 27.2. The van der Waals surface area contributed by atoms with Crippen molar-refractivity contribution in [1.82, 2.24) is 0 Å². The molecule has 0 aromatic rings. The van der Waals surface area contributed by atoms with E-state index in [1.807, 2.05) is 19.1 Å². The van der Waals surface area contributed by atoms with E-state index in [0.29, 0.717) is 5.57 Å². The van der Waals surface area contributed by atoms with E-state index in [2.05, 4.69) is 32.9 Å². The van der Waals surface area contributed by atoms with Crippen molar-refractivity contribution in [1.29, 1.82) is 0 Å². The molecule has 2 rings (SSSR count). The average Bonchev–Trinajstić information content (AvgIpc) is 2.73. The van der Waals surface area contributed by atoms with Crippen molar-refractivity contribution in [2.24, 2.45) is 5.41 Å². The molecular formula is C26H38O7. The van der Waals surface area contributed by atoms with Crippen LogP contribution in [0.25, 0.3) is 0 Å². The van der Waals surface area contributed by atoms with Gasteiger partial charge in [0.2, 0.25) is 6.29 Å². The van der Waals surface area contributed by atoms with Crippen LogP contribution in [0, 0.1) is 5.41 Å². The maximum absolute atomic E-state index is 12.2. The van der Waals surface area contributed by atoms with E-state index in [9.17, 15) is 25.2 Å². The lowest BCUT2D eigenvalue weighted by Gasteiger charge is -2.38. The minimum absolute atomic E-state index is 0.190. The SMILES string of the molecule is CC1=C(/C=C/C(C)=C/C=C/C(C)=C/C(=O)OC2O[C@H](CO)[C@@H](O)[C@H](O)[C@H]2O)C(C)(C)CCC1. The quantitative estimate of drug-likeness (QED) is 0.261. The second kappa shape index (κ2) is 11.9. The highest BCUT2D eigenvalue weighted by atomic mass is 16.7. The zero-order valence-corrected chi connectivity index (χ0v) is 20.2. The molecule has 0 spiro atoms. The highest BCUT2D eigenvalue weighted by Crippen LogP contribution is 2.40. The summed E-state index contributed by atoms with van der Waals surface area (Å²) in [5, 5.41) is 38.7. The number of ether oxygens (including phenoxy) is 2. The standard InChI is InChI=1S/C26H38O7/c1-16(11-12-19-18(3)10-7-13-26(19,4)5)8-6-9-17(2)14-21(28)33-25-24(31)23(30)22(29)20(15-27)32-25/h6,8-9,11-12,14,20,22-25,27,29-31H,7,10,13,15H2,1-5H3/b9-6+,12-11+,16-8+,17-14+/t20-,22-,23+,24-,25?/m1/s1. The summed E-state index contributed by atoms with van der Waals surface area (Å²) in [6, 6.07) is 0. The van der Waals surface area contributed by atoms with E-state index in [0.717, 1.165) is 12.0 Å². The lowest BCUT2D eigenvalue weighted by Crippen LogP contribution is -2.59. The van der Waals surface area contributed by atoms with Crippen LogP contribution >= 0.6 is 0 Å². The summed E-state index contributed by atoms with van der Waals surface area (Å²) < 4.78 is 10.2. The van der Waals surface area contributed by atoms with Gasteiger partial charge in [-0.1, -0.05) is 55.4 Å². The molecule has 4 N–H and O–H groups in total. The first-order chi connectivity index (χ1) is 15.5. The first-order valence-electron chi connectivity index (χ1n) is 11.4. The molecule has 1 fully saturated rings. The molecule has 7 heteroatoms. The van der Waals surface area contributed by atoms with Crippen LogP contribution in [-0.2, 0) is 14.3 Å². The third kappa shape index (κ3) is 7.48. The van der Waals surface area contributed by atoms with Crippen molar-refractivity contribution in [2.75, 3.05) is 6.61 Å². The van der Waals surface area contributed by atoms with Gasteiger partial charge in [0.15, 0.2) is 0 Å². The van der Waals surface area contributed by atoms with E-state index in [1.54, 1.807) is 13.0 Å². The fraction of sp³-hybridized carbons (Fsp3) is 0.577. The fourth-order valence-electron chi connectivity index (χ4n) is 4.18. The van der Waals surface area contributed by atoms with Crippen molar-refractivity contribution < 1.29 is 34.7 Å². The Kier molecular flexibility index (Phi) is 9.82. The van der Waals surface area contributed by atoms with Gasteiger partial charge in [-0.05, 0) is 56.6 Å². The first-order valence-corrected chi connectivity index (χ1v) is 11.4. The molecule has 1 aliphatic carbocycles. The Bertz CT molecular complexity index is 845. The van der Waals surface area contributed by atoms with Gasteiger partial charge in [-0.15, -0.1) is 0 Å². The molecule has 1 aliphatic heterocycles. The Hall–Kier alpha value is -2.03. The highest BCUT2D eigenvalue weighted by molar-refractivity contribution is 5.83. The number of esters is 1. The van der Waals surface area contributed by atoms with Crippen LogP contribution in [0.5, 0.6) is 0 Å². The average molecular weight is 463 g/mol. The summed E-state index contributed by atoms with van der Waals surface area (Å²) >= 11 is 0. The lowest BCUT2D eigenvalue weighted by molar-refractivity contribution is -0.291. The largest absolute Gasteiger partial charge is 0.430 e. The van der Waals surface area contributed by atoms with Gasteiger partial charge in [0, 0.05) is 6.08 Å². The normalized spacial score (nSPS) is 31.5. The Labute approximate surface area is 196 Å². The number of aliphatic hydroxyl groups is 4. The van der Waals surface area contributed by atoms with Gasteiger partial charge in [0.1, 0.15) is 24.4 Å². The topological polar surface area (TPSA) is 116 Å². The lowest BCUT2D eigenvalue weighted by atomic mass is 9.72. The zero-order valence-electron chi connectivity index (χ0n) is 20.2. The van der Waals surface area contributed by atoms with Crippen LogP contribution in [0.2, 0.25) is 0 Å². The molecule has 184 valence electrons. The van der Waals surface area contributed by atoms with Gasteiger partial charge in [-0.25, -0.2) is 4.79 Å². The Morgan fingerprint density at radius 1 is 1.12 bits per heavy atom. The van der Waals surface area contributed by atoms with Crippen molar-refractivity contribution >= 4 is 5.97 Å². The van der Waals surface area contributed by atoms with Gasteiger partial charge < -0.3 is 29.9 Å². The molecule has 1 unspecified atom stereocenters. The van der Waals surface area contributed by atoms with Crippen molar-refractivity contribution in [2.45, 2.75) is 84.6 Å². The summed E-state index contributed by atoms with van der Waals surface area (Å²) in [5.74, 6) is -0.774. The summed E-state index contributed by atoms with van der Waals surface area (Å²) in [5.41, 5.74) is 4.73. The van der Waals surface area contributed by atoms with Crippen LogP contribution in [-0.4, -0.2) is 63.7 Å². The van der Waals surface area contributed by atoms with E-state index in [4.69, 9.17) is 9.47 Å². The van der Waals surface area contributed by atoms with E-state index in [-0.39, 0.29) is 5.41 Å². The predicted molar refractivity (Wildman–Crippen MR) is 126 cm³/mol. The van der Waals surface area contributed by atoms with E-state index >= 15 is 0 Å². The Morgan fingerprint density at radius 2 is 1.82 bits per heavy atom. The van der Waals surface area contributed by atoms with E-state index in [1.165, 1.54) is 30.1 Å². The number of carbonyl (C=O) groups excluding carboxylic acids is 1. The summed E-state index contributed by atoms with van der Waals surface area (Å²) in [4.78, 5) is 12.2. The van der Waals surface area contributed by atoms with Crippen molar-refractivity contribution in [3.8, 4) is 0 Å². The zero-order chi connectivity index (χ0) is 24.8. The summed E-state index contributed by atoms with van der Waals surface area (Å²) in [6.07, 6.45) is 7.29. The smallest absolute Gasteiger partial charge is 0.333 e. The Morgan fingerprint density at radius 3 is 2.45 bits per heavy atom. The van der Waals surface area contributed by atoms with Crippen molar-refractivity contribution in [3.05, 3.63) is 58.7 Å². The van der Waals surface area contributed by atoms with Crippen molar-refractivity contribution in [3.63, 3.8) is 0 Å². The molecule has 0 amide bonds. The van der Waals surface area contributed by atoms with Crippen LogP contribution in [0.3, 0.4) is 0 Å². The maximum Gasteiger partial charge on any atom is 0.333 e. The minimum atomic E-state index is -1.62. The number of hydrogen-bond acceptors (Lipinski definition) is 7. The van der Waals surface area contributed by atoms with E-state index < -0.39 is 43.3 Å².